The Balaban J connectivity index is 1.79. The molecule has 0 radical (unpaired) electrons. The molecule has 0 heterocycles. The van der Waals surface area contributed by atoms with Crippen LogP contribution < -0.4 is 0 Å². The van der Waals surface area contributed by atoms with Gasteiger partial charge >= 0.3 is 5.97 Å². The Hall–Kier alpha value is -2.26. The van der Waals surface area contributed by atoms with Gasteiger partial charge in [-0.1, -0.05) is 24.8 Å². The first-order valence-electron chi connectivity index (χ1n) is 9.60. The van der Waals surface area contributed by atoms with Gasteiger partial charge in [-0.15, -0.1) is 0 Å². The standard InChI is InChI=1S/C20H23NO7S/c1-13(2)17(22)27-20-11-14-8-15(12-20)10-19(9-14,21(23)24)18(20)28-29(25,26)16-6-4-3-5-7-16/h3-7,14-15,18H,1,8-12H2,2H3. The monoisotopic (exact) mass is 421 g/mol. The predicted molar refractivity (Wildman–Crippen MR) is 102 cm³/mol. The molecule has 8 nitrogen and oxygen atoms in total. The summed E-state index contributed by atoms with van der Waals surface area (Å²) >= 11 is 0. The number of hydrogen-bond acceptors (Lipinski definition) is 7. The molecule has 3 atom stereocenters. The first kappa shape index (κ1) is 20.0. The van der Waals surface area contributed by atoms with Crippen LogP contribution in [0.5, 0.6) is 0 Å². The number of carbonyl (C=O) groups excluding carboxylic acids is 1. The first-order valence-corrected chi connectivity index (χ1v) is 11.0. The minimum atomic E-state index is -4.29. The van der Waals surface area contributed by atoms with Crippen molar-refractivity contribution < 1.29 is 27.1 Å². The van der Waals surface area contributed by atoms with Crippen LogP contribution in [0, 0.1) is 22.0 Å². The predicted octanol–water partition coefficient (Wildman–Crippen LogP) is 2.86. The maximum absolute atomic E-state index is 12.9. The van der Waals surface area contributed by atoms with Crippen molar-refractivity contribution in [3.05, 3.63) is 52.6 Å². The van der Waals surface area contributed by atoms with Gasteiger partial charge in [0.1, 0.15) is 5.60 Å². The van der Waals surface area contributed by atoms with Crippen LogP contribution in [0.15, 0.2) is 47.4 Å². The van der Waals surface area contributed by atoms with Crippen molar-refractivity contribution in [3.8, 4) is 0 Å². The molecule has 1 aromatic rings. The topological polar surface area (TPSA) is 113 Å². The summed E-state index contributed by atoms with van der Waals surface area (Å²) in [5.41, 5.74) is -2.79. The lowest BCUT2D eigenvalue weighted by molar-refractivity contribution is -0.605. The Labute approximate surface area is 169 Å². The summed E-state index contributed by atoms with van der Waals surface area (Å²) < 4.78 is 37.2. The molecule has 0 aliphatic heterocycles. The second-order valence-corrected chi connectivity index (χ2v) is 10.2. The molecule has 29 heavy (non-hydrogen) atoms. The third-order valence-electron chi connectivity index (χ3n) is 6.45. The second kappa shape index (κ2) is 6.63. The molecule has 0 N–H and O–H groups in total. The fraction of sp³-hybridized carbons (Fsp3) is 0.550. The van der Waals surface area contributed by atoms with E-state index < -0.39 is 38.3 Å². The van der Waals surface area contributed by atoms with E-state index in [9.17, 15) is 23.3 Å². The van der Waals surface area contributed by atoms with Crippen molar-refractivity contribution in [1.82, 2.24) is 0 Å². The zero-order chi connectivity index (χ0) is 21.0. The van der Waals surface area contributed by atoms with Crippen LogP contribution in [-0.4, -0.2) is 36.6 Å². The highest BCUT2D eigenvalue weighted by Gasteiger charge is 2.74. The molecule has 5 rings (SSSR count). The number of carbonyl (C=O) groups is 1. The number of benzene rings is 1. The Bertz CT molecular complexity index is 958. The molecule has 4 aliphatic rings. The summed E-state index contributed by atoms with van der Waals surface area (Å²) in [6, 6.07) is 7.50. The average molecular weight is 421 g/mol. The SMILES string of the molecule is C=C(C)C(=O)OC12CC3CC(C1)CC([N+](=O)[O-])(C3)C2OS(=O)(=O)c1ccccc1. The lowest BCUT2D eigenvalue weighted by Crippen LogP contribution is -2.73. The second-order valence-electron chi connectivity index (χ2n) is 8.62. The lowest BCUT2D eigenvalue weighted by atomic mass is 9.49. The molecule has 3 unspecified atom stereocenters. The molecular formula is C20H23NO7S. The maximum atomic E-state index is 12.9. The Morgan fingerprint density at radius 2 is 1.76 bits per heavy atom. The van der Waals surface area contributed by atoms with E-state index in [1.54, 1.807) is 18.2 Å². The van der Waals surface area contributed by atoms with Gasteiger partial charge in [0.05, 0.1) is 4.90 Å². The number of esters is 1. The zero-order valence-electron chi connectivity index (χ0n) is 16.1. The van der Waals surface area contributed by atoms with Crippen molar-refractivity contribution >= 4 is 16.1 Å². The molecule has 4 aliphatic carbocycles. The van der Waals surface area contributed by atoms with E-state index in [0.717, 1.165) is 6.42 Å². The number of nitro groups is 1. The summed E-state index contributed by atoms with van der Waals surface area (Å²) in [5.74, 6) is -0.702. The summed E-state index contributed by atoms with van der Waals surface area (Å²) in [4.78, 5) is 24.1. The zero-order valence-corrected chi connectivity index (χ0v) is 16.9. The molecule has 0 aromatic heterocycles. The highest BCUT2D eigenvalue weighted by atomic mass is 32.2. The molecule has 1 aromatic carbocycles. The number of rotatable bonds is 6. The van der Waals surface area contributed by atoms with Gasteiger partial charge in [-0.3, -0.25) is 14.3 Å². The molecule has 4 saturated carbocycles. The van der Waals surface area contributed by atoms with Crippen LogP contribution in [-0.2, 0) is 23.8 Å². The minimum absolute atomic E-state index is 0.00917. The molecule has 4 bridgehead atoms. The normalized spacial score (nSPS) is 35.3. The van der Waals surface area contributed by atoms with E-state index >= 15 is 0 Å². The molecular weight excluding hydrogens is 398 g/mol. The lowest BCUT2D eigenvalue weighted by Gasteiger charge is -2.59. The first-order chi connectivity index (χ1) is 13.6. The van der Waals surface area contributed by atoms with Gasteiger partial charge in [0, 0.05) is 23.3 Å². The van der Waals surface area contributed by atoms with Crippen molar-refractivity contribution in [1.29, 1.82) is 0 Å². The molecule has 0 amide bonds. The van der Waals surface area contributed by atoms with Crippen LogP contribution in [0.1, 0.15) is 39.0 Å². The van der Waals surface area contributed by atoms with Gasteiger partial charge in [0.2, 0.25) is 0 Å². The van der Waals surface area contributed by atoms with Crippen LogP contribution in [0.2, 0.25) is 0 Å². The van der Waals surface area contributed by atoms with Crippen LogP contribution in [0.3, 0.4) is 0 Å². The van der Waals surface area contributed by atoms with E-state index in [1.807, 2.05) is 0 Å². The van der Waals surface area contributed by atoms with Crippen LogP contribution >= 0.6 is 0 Å². The van der Waals surface area contributed by atoms with Crippen molar-refractivity contribution in [2.24, 2.45) is 11.8 Å². The maximum Gasteiger partial charge on any atom is 0.333 e. The van der Waals surface area contributed by atoms with Gasteiger partial charge < -0.3 is 4.74 Å². The van der Waals surface area contributed by atoms with Gasteiger partial charge in [-0.05, 0) is 50.2 Å². The molecule has 156 valence electrons. The minimum Gasteiger partial charge on any atom is -0.453 e. The van der Waals surface area contributed by atoms with E-state index in [1.165, 1.54) is 19.1 Å². The van der Waals surface area contributed by atoms with Gasteiger partial charge in [0.25, 0.3) is 15.7 Å². The number of nitrogens with zero attached hydrogens (tertiary/aromatic N) is 1. The Kier molecular flexibility index (Phi) is 4.58. The highest BCUT2D eigenvalue weighted by molar-refractivity contribution is 7.86. The van der Waals surface area contributed by atoms with E-state index in [4.69, 9.17) is 8.92 Å². The average Bonchev–Trinajstić information content (AvgIpc) is 2.64. The smallest absolute Gasteiger partial charge is 0.333 e. The van der Waals surface area contributed by atoms with Gasteiger partial charge in [-0.2, -0.15) is 8.42 Å². The molecule has 4 fully saturated rings. The summed E-state index contributed by atoms with van der Waals surface area (Å²) in [6.07, 6.45) is 0.585. The quantitative estimate of drug-likeness (QED) is 0.228. The summed E-state index contributed by atoms with van der Waals surface area (Å²) in [6.45, 7) is 5.07. The fourth-order valence-corrected chi connectivity index (χ4v) is 6.82. The molecule has 0 saturated heterocycles. The summed E-state index contributed by atoms with van der Waals surface area (Å²) in [5, 5.41) is 12.2. The van der Waals surface area contributed by atoms with Crippen LogP contribution in [0.4, 0.5) is 0 Å². The largest absolute Gasteiger partial charge is 0.453 e. The third kappa shape index (κ3) is 3.16. The van der Waals surface area contributed by atoms with Gasteiger partial charge in [0.15, 0.2) is 6.10 Å². The number of ether oxygens (including phenoxy) is 1. The summed E-state index contributed by atoms with van der Waals surface area (Å²) in [7, 11) is -4.29. The van der Waals surface area contributed by atoms with Crippen molar-refractivity contribution in [2.45, 2.75) is 61.2 Å². The third-order valence-corrected chi connectivity index (χ3v) is 7.74. The highest BCUT2D eigenvalue weighted by Crippen LogP contribution is 2.61. The Morgan fingerprint density at radius 1 is 1.17 bits per heavy atom. The Morgan fingerprint density at radius 3 is 2.28 bits per heavy atom. The van der Waals surface area contributed by atoms with Crippen LogP contribution in [0.25, 0.3) is 0 Å². The molecule has 0 spiro atoms. The number of hydrogen-bond donors (Lipinski definition) is 0. The van der Waals surface area contributed by atoms with E-state index in [2.05, 4.69) is 6.58 Å². The fourth-order valence-electron chi connectivity index (χ4n) is 5.61. The van der Waals surface area contributed by atoms with Crippen molar-refractivity contribution in [3.63, 3.8) is 0 Å². The van der Waals surface area contributed by atoms with Crippen molar-refractivity contribution in [2.75, 3.05) is 0 Å². The van der Waals surface area contributed by atoms with Gasteiger partial charge in [-0.25, -0.2) is 4.79 Å². The van der Waals surface area contributed by atoms with E-state index in [-0.39, 0.29) is 35.1 Å². The molecule has 9 heteroatoms. The van der Waals surface area contributed by atoms with E-state index in [0.29, 0.717) is 12.8 Å².